The van der Waals surface area contributed by atoms with Crippen molar-refractivity contribution in [2.75, 3.05) is 0 Å². The van der Waals surface area contributed by atoms with Crippen molar-refractivity contribution < 1.29 is 9.84 Å². The van der Waals surface area contributed by atoms with Crippen LogP contribution >= 0.6 is 0 Å². The zero-order valence-corrected chi connectivity index (χ0v) is 20.3. The molecule has 3 aromatic rings. The van der Waals surface area contributed by atoms with Crippen LogP contribution < -0.4 is 4.74 Å². The molecular formula is C29H36O2. The zero-order chi connectivity index (χ0) is 23.0. The lowest BCUT2D eigenvalue weighted by atomic mass is 9.78. The molecule has 0 unspecified atom stereocenters. The van der Waals surface area contributed by atoms with Crippen LogP contribution in [-0.4, -0.2) is 5.11 Å². The maximum absolute atomic E-state index is 11.2. The lowest BCUT2D eigenvalue weighted by molar-refractivity contribution is 0.204. The molecule has 0 aromatic heterocycles. The average Bonchev–Trinajstić information content (AvgIpc) is 2.68. The maximum atomic E-state index is 11.2. The molecule has 0 fully saturated rings. The van der Waals surface area contributed by atoms with Crippen molar-refractivity contribution in [3.63, 3.8) is 0 Å². The van der Waals surface area contributed by atoms with E-state index in [9.17, 15) is 5.11 Å². The summed E-state index contributed by atoms with van der Waals surface area (Å²) in [5.74, 6) is 0.757. The molecule has 0 aliphatic heterocycles. The highest BCUT2D eigenvalue weighted by Crippen LogP contribution is 2.42. The Labute approximate surface area is 187 Å². The van der Waals surface area contributed by atoms with Gasteiger partial charge in [-0.25, -0.2) is 0 Å². The van der Waals surface area contributed by atoms with Gasteiger partial charge in [0, 0.05) is 16.7 Å². The minimum atomic E-state index is -0.114. The van der Waals surface area contributed by atoms with Gasteiger partial charge in [0.05, 0.1) is 0 Å². The van der Waals surface area contributed by atoms with E-state index in [1.54, 1.807) is 0 Å². The van der Waals surface area contributed by atoms with E-state index in [-0.39, 0.29) is 16.8 Å². The van der Waals surface area contributed by atoms with Crippen LogP contribution in [0.25, 0.3) is 16.3 Å². The van der Waals surface area contributed by atoms with Crippen LogP contribution in [0.15, 0.2) is 60.5 Å². The van der Waals surface area contributed by atoms with Gasteiger partial charge in [-0.3, -0.25) is 0 Å². The predicted octanol–water partition coefficient (Wildman–Crippen LogP) is 8.46. The highest BCUT2D eigenvalue weighted by Gasteiger charge is 2.28. The van der Waals surface area contributed by atoms with Gasteiger partial charge in [-0.05, 0) is 46.6 Å². The molecule has 0 aliphatic rings. The molecule has 164 valence electrons. The van der Waals surface area contributed by atoms with Crippen molar-refractivity contribution in [3.05, 3.63) is 82.8 Å². The molecule has 2 heteroatoms. The van der Waals surface area contributed by atoms with Gasteiger partial charge in [0.2, 0.25) is 0 Å². The van der Waals surface area contributed by atoms with Crippen LogP contribution in [0, 0.1) is 6.92 Å². The highest BCUT2D eigenvalue weighted by atomic mass is 16.6. The first-order valence-corrected chi connectivity index (χ1v) is 11.2. The van der Waals surface area contributed by atoms with E-state index >= 15 is 0 Å². The smallest absolute Gasteiger partial charge is 0.286 e. The Morgan fingerprint density at radius 3 is 1.87 bits per heavy atom. The quantitative estimate of drug-likeness (QED) is 0.432. The van der Waals surface area contributed by atoms with Crippen LogP contribution in [0.3, 0.4) is 0 Å². The van der Waals surface area contributed by atoms with Crippen LogP contribution in [0.4, 0.5) is 0 Å². The predicted molar refractivity (Wildman–Crippen MR) is 133 cm³/mol. The van der Waals surface area contributed by atoms with E-state index in [0.717, 1.165) is 33.4 Å². The second kappa shape index (κ2) is 8.42. The molecule has 3 rings (SSSR count). The molecule has 31 heavy (non-hydrogen) atoms. The van der Waals surface area contributed by atoms with Gasteiger partial charge in [-0.15, -0.1) is 0 Å². The van der Waals surface area contributed by atoms with E-state index < -0.39 is 0 Å². The lowest BCUT2D eigenvalue weighted by Gasteiger charge is -2.30. The molecule has 0 amide bonds. The van der Waals surface area contributed by atoms with E-state index in [1.807, 2.05) is 12.1 Å². The minimum absolute atomic E-state index is 0.0161. The number of ether oxygens (including phenoxy) is 1. The number of rotatable bonds is 4. The molecule has 2 nitrogen and oxygen atoms in total. The van der Waals surface area contributed by atoms with Gasteiger partial charge in [0.1, 0.15) is 5.75 Å². The number of hydrogen-bond acceptors (Lipinski definition) is 2. The van der Waals surface area contributed by atoms with Gasteiger partial charge < -0.3 is 9.84 Å². The second-order valence-corrected chi connectivity index (χ2v) is 10.5. The summed E-state index contributed by atoms with van der Waals surface area (Å²) in [4.78, 5) is 0. The van der Waals surface area contributed by atoms with Crippen molar-refractivity contribution in [1.82, 2.24) is 0 Å². The Morgan fingerprint density at radius 1 is 0.806 bits per heavy atom. The molecule has 0 saturated heterocycles. The summed E-state index contributed by atoms with van der Waals surface area (Å²) in [6, 6.07) is 18.9. The summed E-state index contributed by atoms with van der Waals surface area (Å²) < 4.78 is 6.34. The fourth-order valence-electron chi connectivity index (χ4n) is 4.01. The molecule has 0 heterocycles. The third-order valence-electron chi connectivity index (χ3n) is 5.76. The zero-order valence-electron chi connectivity index (χ0n) is 20.3. The van der Waals surface area contributed by atoms with Crippen LogP contribution in [0.2, 0.25) is 0 Å². The molecule has 0 atom stereocenters. The van der Waals surface area contributed by atoms with Crippen molar-refractivity contribution in [2.24, 2.45) is 0 Å². The molecule has 1 N–H and O–H groups in total. The van der Waals surface area contributed by atoms with Gasteiger partial charge in [-0.2, -0.15) is 0 Å². The third-order valence-corrected chi connectivity index (χ3v) is 5.76. The first-order chi connectivity index (χ1) is 14.4. The van der Waals surface area contributed by atoms with E-state index in [0.29, 0.717) is 6.42 Å². The summed E-state index contributed by atoms with van der Waals surface area (Å²) in [5, 5.41) is 13.5. The van der Waals surface area contributed by atoms with E-state index in [1.165, 1.54) is 10.9 Å². The number of hydrogen-bond donors (Lipinski definition) is 1. The van der Waals surface area contributed by atoms with E-state index in [2.05, 4.69) is 97.9 Å². The fourth-order valence-corrected chi connectivity index (χ4v) is 4.01. The molecule has 0 spiro atoms. The Kier molecular flexibility index (Phi) is 6.23. The Morgan fingerprint density at radius 2 is 1.35 bits per heavy atom. The molecule has 0 saturated carbocycles. The van der Waals surface area contributed by atoms with Gasteiger partial charge in [-0.1, -0.05) is 103 Å². The Bertz CT molecular complexity index is 1090. The fraction of sp³-hybridized carbons (Fsp3) is 0.379. The third kappa shape index (κ3) is 4.95. The summed E-state index contributed by atoms with van der Waals surface area (Å²) in [5.41, 5.74) is 4.99. The minimum Gasteiger partial charge on any atom is -0.480 e. The number of aliphatic hydroxyl groups excluding tert-OH is 1. The topological polar surface area (TPSA) is 29.5 Å². The van der Waals surface area contributed by atoms with Crippen molar-refractivity contribution in [2.45, 2.75) is 72.6 Å². The standard InChI is InChI=1S/C29H36O2/c1-9-23(22-15-14-20-12-10-11-13-21(20)18-22)27(30)31-26-24(28(3,4)5)16-19(2)17-25(26)29(6,7)8/h10-18,30H,9H2,1-8H3/b27-23+. The number of aliphatic hydroxyl groups is 1. The molecule has 3 aromatic carbocycles. The van der Waals surface area contributed by atoms with Crippen LogP contribution in [0.5, 0.6) is 5.75 Å². The molecule has 0 aliphatic carbocycles. The SMILES string of the molecule is CC/C(=C(/O)Oc1c(C(C)(C)C)cc(C)cc1C(C)(C)C)c1ccc2ccccc2c1. The monoisotopic (exact) mass is 416 g/mol. The van der Waals surface area contributed by atoms with Crippen molar-refractivity contribution in [3.8, 4) is 5.75 Å². The normalized spacial score (nSPS) is 13.3. The highest BCUT2D eigenvalue weighted by molar-refractivity contribution is 5.86. The second-order valence-electron chi connectivity index (χ2n) is 10.5. The average molecular weight is 417 g/mol. The Hall–Kier alpha value is -2.74. The molecule has 0 bridgehead atoms. The van der Waals surface area contributed by atoms with Gasteiger partial charge >= 0.3 is 0 Å². The van der Waals surface area contributed by atoms with Crippen LogP contribution in [0.1, 0.15) is 77.1 Å². The summed E-state index contributed by atoms with van der Waals surface area (Å²) in [7, 11) is 0. The molecular weight excluding hydrogens is 380 g/mol. The summed E-state index contributed by atoms with van der Waals surface area (Å²) in [6.07, 6.45) is 0.672. The van der Waals surface area contributed by atoms with Gasteiger partial charge in [0.15, 0.2) is 0 Å². The Balaban J connectivity index is 2.17. The number of allylic oxidation sites excluding steroid dienone is 1. The number of fused-ring (bicyclic) bond motifs is 1. The van der Waals surface area contributed by atoms with Crippen molar-refractivity contribution >= 4 is 16.3 Å². The first-order valence-electron chi connectivity index (χ1n) is 11.2. The van der Waals surface area contributed by atoms with Crippen molar-refractivity contribution in [1.29, 1.82) is 0 Å². The maximum Gasteiger partial charge on any atom is 0.286 e. The molecule has 0 radical (unpaired) electrons. The summed E-state index contributed by atoms with van der Waals surface area (Å²) in [6.45, 7) is 17.3. The first kappa shape index (κ1) is 22.9. The number of aryl methyl sites for hydroxylation is 1. The lowest BCUT2D eigenvalue weighted by Crippen LogP contribution is -2.20. The van der Waals surface area contributed by atoms with E-state index in [4.69, 9.17) is 4.74 Å². The number of benzene rings is 3. The van der Waals surface area contributed by atoms with Gasteiger partial charge in [0.25, 0.3) is 5.95 Å². The summed E-state index contributed by atoms with van der Waals surface area (Å²) >= 11 is 0. The largest absolute Gasteiger partial charge is 0.480 e. The van der Waals surface area contributed by atoms with Crippen LogP contribution in [-0.2, 0) is 10.8 Å².